The van der Waals surface area contributed by atoms with E-state index in [9.17, 15) is 34.3 Å². The number of halogens is 6. The number of carbonyl (C=O) groups is 5. The molecule has 12 rings (SSSR count). The van der Waals surface area contributed by atoms with E-state index in [0.717, 1.165) is 146 Å². The molecule has 4 atom stereocenters. The second kappa shape index (κ2) is 68.9. The molecule has 0 aliphatic carbocycles. The Morgan fingerprint density at radius 2 is 0.782 bits per heavy atom. The standard InChI is InChI=1S/C23H28O4.C15H21BO3.C14H19BrO3.C12H16BrNOSi.C10H11BrO3.C8H7BrO2.C8H7BrO.C8H9Br.6CO2/c1-15-8-6-10-18(21(22(24)25-5)27-23(2,3)4)20(15)17-11-12-19-16(14-17)9-7-13-26-19;1-14(2)15(3,4)19-16(18-14)12-7-8-13-11(10-12)6-5-9-17-13;1-9-7-6-8-10(11(9)15)12(13(16)17-5)18-14(2,3)4;1-9-6-5-7-10(12(9)13)11(8-14)15-16(2,3)4;1-6-4-3-5-7(8(6)11)9(12)10(13)14-2;1-6-3-2-4-7(8(6)9)11-5-10;1-6-3-2-4-7(5-10)8(6)9;1-6-4-3-5-7(2)8(6)9;6*2-1-3/h6,8,10-12,14,21H,7,9,13H2,1-5H3;7-8,10H,5-6,9H2,1-4H3;6-8,12H,1-5H3;5-7,11H,1-4H3;3-5,9,12H,1-2H3;2-5H,1H3;2-5H,1H3;3-5H,1-2H3;;;;;;. The van der Waals surface area contributed by atoms with Crippen LogP contribution in [0, 0.1) is 66.7 Å². The van der Waals surface area contributed by atoms with Crippen molar-refractivity contribution in [2.45, 2.75) is 217 Å². The summed E-state index contributed by atoms with van der Waals surface area (Å²) in [4.78, 5) is 153. The summed E-state index contributed by atoms with van der Waals surface area (Å²) in [5, 5.41) is 18.8. The van der Waals surface area contributed by atoms with Crippen LogP contribution in [0.1, 0.15) is 195 Å². The van der Waals surface area contributed by atoms with Crippen LogP contribution in [0.15, 0.2) is 191 Å². The molecule has 3 heterocycles. The van der Waals surface area contributed by atoms with Crippen LogP contribution < -0.4 is 19.7 Å². The predicted octanol–water partition coefficient (Wildman–Crippen LogP) is 21.7. The molecule has 142 heavy (non-hydrogen) atoms. The van der Waals surface area contributed by atoms with Gasteiger partial charge in [-0.1, -0.05) is 203 Å². The number of methoxy groups -OCH3 is 3. The Labute approximate surface area is 880 Å². The fourth-order valence-corrected chi connectivity index (χ4v) is 15.7. The van der Waals surface area contributed by atoms with E-state index >= 15 is 0 Å². The average Bonchev–Trinajstić information content (AvgIpc) is 1.65. The number of nitriles is 1. The molecule has 0 saturated carbocycles. The fraction of sp³-hybridized carbons (Fsp3) is 0.365. The summed E-state index contributed by atoms with van der Waals surface area (Å²) in [5.74, 6) is 1.08. The van der Waals surface area contributed by atoms with Crippen LogP contribution in [0.4, 0.5) is 0 Å². The number of carbonyl (C=O) groups excluding carboxylic acids is 17. The van der Waals surface area contributed by atoms with Gasteiger partial charge in [0.15, 0.2) is 39.0 Å². The summed E-state index contributed by atoms with van der Waals surface area (Å²) >= 11 is 20.4. The van der Waals surface area contributed by atoms with Crippen LogP contribution in [-0.2, 0) is 127 Å². The van der Waals surface area contributed by atoms with Crippen molar-refractivity contribution in [3.63, 3.8) is 0 Å². The molecule has 1 saturated heterocycles. The molecule has 0 spiro atoms. The summed E-state index contributed by atoms with van der Waals surface area (Å²) in [5.41, 5.74) is 16.9. The molecule has 4 unspecified atom stereocenters. The van der Waals surface area contributed by atoms with Gasteiger partial charge in [0.1, 0.15) is 17.2 Å². The highest BCUT2D eigenvalue weighted by Gasteiger charge is 2.52. The number of benzene rings is 9. The van der Waals surface area contributed by atoms with Gasteiger partial charge in [-0.25, -0.2) is 14.4 Å². The lowest BCUT2D eigenvalue weighted by atomic mass is 9.78. The molecule has 9 aromatic carbocycles. The highest BCUT2D eigenvalue weighted by Crippen LogP contribution is 2.42. The van der Waals surface area contributed by atoms with Gasteiger partial charge in [-0.15, -0.1) is 0 Å². The number of hydrogen-bond donors (Lipinski definition) is 1. The number of ether oxygens (including phenoxy) is 8. The molecule has 30 nitrogen and oxygen atoms in total. The second-order valence-corrected chi connectivity index (χ2v) is 43.2. The predicted molar refractivity (Wildman–Crippen MR) is 547 cm³/mol. The maximum Gasteiger partial charge on any atom is 0.494 e. The second-order valence-electron chi connectivity index (χ2n) is 34.0. The summed E-state index contributed by atoms with van der Waals surface area (Å²) in [7, 11) is 2.02. The van der Waals surface area contributed by atoms with Gasteiger partial charge in [0, 0.05) is 50.2 Å². The topological polar surface area (TPSA) is 436 Å². The first-order valence-electron chi connectivity index (χ1n) is 42.9. The Morgan fingerprint density at radius 1 is 0.444 bits per heavy atom. The lowest BCUT2D eigenvalue weighted by molar-refractivity contribution is -0.193. The normalized spacial score (nSPS) is 12.7. The number of nitrogens with zero attached hydrogens (tertiary/aromatic N) is 1. The van der Waals surface area contributed by atoms with Crippen molar-refractivity contribution in [1.29, 1.82) is 5.26 Å². The third kappa shape index (κ3) is 47.8. The van der Waals surface area contributed by atoms with Crippen LogP contribution in [0.2, 0.25) is 19.6 Å². The lowest BCUT2D eigenvalue weighted by Gasteiger charge is -2.32. The summed E-state index contributed by atoms with van der Waals surface area (Å²) < 4.78 is 65.9. The monoisotopic (exact) mass is 2360 g/mol. The fourth-order valence-electron chi connectivity index (χ4n) is 12.4. The molecule has 0 radical (unpaired) electrons. The molecule has 0 bridgehead atoms. The van der Waals surface area contributed by atoms with E-state index in [4.69, 9.17) is 104 Å². The van der Waals surface area contributed by atoms with Gasteiger partial charge in [-0.3, -0.25) is 9.59 Å². The molecule has 9 aromatic rings. The number of fused-ring (bicyclic) bond motifs is 2. The number of hydrogen-bond acceptors (Lipinski definition) is 30. The van der Waals surface area contributed by atoms with E-state index in [0.29, 0.717) is 23.3 Å². The molecular formula is C104H118BBr6NO29Si. The molecule has 762 valence electrons. The van der Waals surface area contributed by atoms with Crippen molar-refractivity contribution in [3.8, 4) is 34.4 Å². The van der Waals surface area contributed by atoms with E-state index in [1.54, 1.807) is 24.3 Å². The third-order valence-corrected chi connectivity index (χ3v) is 27.2. The van der Waals surface area contributed by atoms with Gasteiger partial charge in [0.05, 0.1) is 67.5 Å². The Balaban J connectivity index is 0. The first-order valence-corrected chi connectivity index (χ1v) is 51.1. The lowest BCUT2D eigenvalue weighted by Crippen LogP contribution is -2.41. The Morgan fingerprint density at radius 3 is 1.17 bits per heavy atom. The van der Waals surface area contributed by atoms with Crippen LogP contribution >= 0.6 is 95.6 Å². The number of aldehydes is 1. The van der Waals surface area contributed by atoms with Crippen LogP contribution in [0.3, 0.4) is 0 Å². The Kier molecular flexibility index (Phi) is 64.5. The van der Waals surface area contributed by atoms with E-state index < -0.39 is 61.8 Å². The number of esters is 3. The van der Waals surface area contributed by atoms with E-state index in [2.05, 4.69) is 217 Å². The molecule has 3 aliphatic rings. The first-order chi connectivity index (χ1) is 66.6. The van der Waals surface area contributed by atoms with Gasteiger partial charge in [0.25, 0.3) is 6.47 Å². The van der Waals surface area contributed by atoms with Gasteiger partial charge >= 0.3 is 61.9 Å². The van der Waals surface area contributed by atoms with Crippen molar-refractivity contribution in [2.75, 3.05) is 34.5 Å². The van der Waals surface area contributed by atoms with Crippen molar-refractivity contribution in [1.82, 2.24) is 0 Å². The minimum atomic E-state index is -1.71. The minimum absolute atomic E-state index is 0.250. The van der Waals surface area contributed by atoms with Crippen LogP contribution in [0.5, 0.6) is 17.2 Å². The number of aliphatic hydroxyl groups is 1. The van der Waals surface area contributed by atoms with Crippen molar-refractivity contribution in [3.05, 3.63) is 274 Å². The average molecular weight is 2360 g/mol. The third-order valence-electron chi connectivity index (χ3n) is 19.6. The largest absolute Gasteiger partial charge is 0.494 e. The van der Waals surface area contributed by atoms with Gasteiger partial charge < -0.3 is 56.7 Å². The van der Waals surface area contributed by atoms with Gasteiger partial charge in [-0.2, -0.15) is 62.8 Å². The maximum atomic E-state index is 12.6. The molecule has 1 fully saturated rings. The smallest absolute Gasteiger partial charge is 0.493 e. The van der Waals surface area contributed by atoms with Gasteiger partial charge in [0.2, 0.25) is 0 Å². The van der Waals surface area contributed by atoms with Crippen LogP contribution in [-0.4, -0.2) is 145 Å². The zero-order valence-corrected chi connectivity index (χ0v) is 94.0. The highest BCUT2D eigenvalue weighted by atomic mass is 79.9. The number of rotatable bonds is 16. The van der Waals surface area contributed by atoms with E-state index in [1.807, 2.05) is 173 Å². The van der Waals surface area contributed by atoms with Gasteiger partial charge in [-0.05, 0) is 298 Å². The quantitative estimate of drug-likeness (QED) is 0.0406. The number of aliphatic hydroxyl groups excluding tert-OH is 1. The summed E-state index contributed by atoms with van der Waals surface area (Å²) in [6, 6.07) is 55.0. The maximum absolute atomic E-state index is 12.6. The van der Waals surface area contributed by atoms with Crippen molar-refractivity contribution >= 4 is 184 Å². The molecule has 38 heteroatoms. The Bertz CT molecular complexity index is 5680. The zero-order chi connectivity index (χ0) is 109. The van der Waals surface area contributed by atoms with Crippen molar-refractivity contribution in [2.24, 2.45) is 0 Å². The van der Waals surface area contributed by atoms with E-state index in [-0.39, 0.29) is 55.2 Å². The molecular weight excluding hydrogens is 2250 g/mol. The van der Waals surface area contributed by atoms with Crippen molar-refractivity contribution < 1.29 is 138 Å². The SMILES string of the molecule is CC1(C)OB(c2ccc3c(c2)CCCO3)OC1(C)C.COC(=O)C(O)c1cccc(C)c1Br.COC(=O)C(OC(C)(C)C)c1cccc(C)c1-c1ccc2c(c1)CCCO2.COC(=O)C(OC(C)(C)C)c1cccc(C)c1Br.Cc1cccc(C(C#N)O[Si](C)(C)C)c1Br.Cc1cccc(C)c1Br.Cc1cccc(C=O)c1Br.Cc1cccc(OC=O)c1Br.O=C=O.O=C=O.O=C=O.O=C=O.O=C=O.O=C=O. The van der Waals surface area contributed by atoms with E-state index in [1.165, 1.54) is 48.1 Å². The van der Waals surface area contributed by atoms with Crippen LogP contribution in [0.25, 0.3) is 11.1 Å². The minimum Gasteiger partial charge on any atom is -0.493 e. The Hall–Kier alpha value is -11.2. The molecule has 0 amide bonds. The summed E-state index contributed by atoms with van der Waals surface area (Å²) in [6.07, 6.45) is 3.33. The zero-order valence-electron chi connectivity index (χ0n) is 83.5. The molecule has 0 aromatic heterocycles. The number of aryl methyl sites for hydroxylation is 10. The molecule has 3 aliphatic heterocycles. The molecule has 1 N–H and O–H groups in total. The highest BCUT2D eigenvalue weighted by molar-refractivity contribution is 9.11. The summed E-state index contributed by atoms with van der Waals surface area (Å²) in [6.45, 7) is 44.1. The first kappa shape index (κ1) is 133.